The number of likely N-dealkylation sites (tertiary alicyclic amines) is 1. The Hall–Kier alpha value is -4.79. The Kier molecular flexibility index (Phi) is 8.87. The highest BCUT2D eigenvalue weighted by atomic mass is 19.4. The van der Waals surface area contributed by atoms with Crippen LogP contribution in [0.4, 0.5) is 22.0 Å². The first-order valence-corrected chi connectivity index (χ1v) is 16.5. The number of rotatable bonds is 9. The van der Waals surface area contributed by atoms with E-state index in [1.807, 2.05) is 13.1 Å². The van der Waals surface area contributed by atoms with E-state index in [2.05, 4.69) is 24.8 Å². The minimum atomic E-state index is -4.59. The number of fused-ring (bicyclic) bond motifs is 1. The quantitative estimate of drug-likeness (QED) is 0.151. The summed E-state index contributed by atoms with van der Waals surface area (Å²) in [4.78, 5) is 38.1. The first-order chi connectivity index (χ1) is 23.9. The van der Waals surface area contributed by atoms with Crippen molar-refractivity contribution in [2.24, 2.45) is 0 Å². The number of benzene rings is 1. The van der Waals surface area contributed by atoms with Crippen molar-refractivity contribution in [2.45, 2.75) is 76.7 Å². The van der Waals surface area contributed by atoms with Gasteiger partial charge in [-0.1, -0.05) is 24.3 Å². The van der Waals surface area contributed by atoms with Gasteiger partial charge in [0.15, 0.2) is 11.5 Å². The first-order valence-electron chi connectivity index (χ1n) is 16.5. The number of imidazole rings is 1. The van der Waals surface area contributed by atoms with E-state index in [0.717, 1.165) is 45.0 Å². The van der Waals surface area contributed by atoms with Crippen LogP contribution in [0.3, 0.4) is 0 Å². The fourth-order valence-corrected chi connectivity index (χ4v) is 6.57. The molecule has 0 spiro atoms. The smallest absolute Gasteiger partial charge is 0.416 e. The van der Waals surface area contributed by atoms with Crippen LogP contribution >= 0.6 is 0 Å². The van der Waals surface area contributed by atoms with Crippen LogP contribution in [0.25, 0.3) is 33.8 Å². The molecule has 7 rings (SSSR count). The van der Waals surface area contributed by atoms with Gasteiger partial charge >= 0.3 is 12.8 Å². The van der Waals surface area contributed by atoms with Crippen molar-refractivity contribution in [3.05, 3.63) is 81.9 Å². The molecule has 0 unspecified atom stereocenters. The van der Waals surface area contributed by atoms with Crippen LogP contribution < -0.4 is 10.3 Å². The molecule has 1 aromatic carbocycles. The van der Waals surface area contributed by atoms with Crippen molar-refractivity contribution >= 4 is 11.0 Å². The number of aromatic nitrogens is 7. The number of ether oxygens (including phenoxy) is 1. The number of alkyl halides is 5. The van der Waals surface area contributed by atoms with Crippen molar-refractivity contribution in [3.63, 3.8) is 0 Å². The topological polar surface area (TPSA) is 104 Å². The van der Waals surface area contributed by atoms with E-state index in [1.165, 1.54) is 10.9 Å². The minimum absolute atomic E-state index is 0.0177. The number of piperidine rings is 1. The lowest BCUT2D eigenvalue weighted by molar-refractivity contribution is -0.140. The minimum Gasteiger partial charge on any atom is -0.416 e. The van der Waals surface area contributed by atoms with Gasteiger partial charge in [-0.15, -0.1) is 0 Å². The van der Waals surface area contributed by atoms with Gasteiger partial charge in [-0.2, -0.15) is 22.0 Å². The summed E-state index contributed by atoms with van der Waals surface area (Å²) in [5.41, 5.74) is 1.58. The summed E-state index contributed by atoms with van der Waals surface area (Å²) in [5.74, 6) is -0.0479. The SMILES string of the molecule is CC(C)n1cc(C(F)(F)F)nc1-c1ccc(Cn2c(=O)c(C3CCN(C)CC3)cc3cnc(-c4c(OC(F)F)ncnc4C4CC4)nc32)cc1. The lowest BCUT2D eigenvalue weighted by Gasteiger charge is -2.29. The van der Waals surface area contributed by atoms with E-state index in [4.69, 9.17) is 9.72 Å². The molecule has 50 heavy (non-hydrogen) atoms. The molecular formula is C35H35F5N8O2. The maximum Gasteiger partial charge on any atom is 0.434 e. The van der Waals surface area contributed by atoms with Gasteiger partial charge in [-0.3, -0.25) is 9.36 Å². The van der Waals surface area contributed by atoms with Crippen molar-refractivity contribution in [3.8, 4) is 28.7 Å². The Morgan fingerprint density at radius 1 is 0.960 bits per heavy atom. The highest BCUT2D eigenvalue weighted by molar-refractivity contribution is 5.79. The summed E-state index contributed by atoms with van der Waals surface area (Å²) in [7, 11) is 2.04. The van der Waals surface area contributed by atoms with E-state index in [9.17, 15) is 26.7 Å². The molecular weight excluding hydrogens is 659 g/mol. The Bertz CT molecular complexity index is 2080. The zero-order valence-electron chi connectivity index (χ0n) is 27.7. The van der Waals surface area contributed by atoms with Crippen molar-refractivity contribution < 1.29 is 26.7 Å². The second-order valence-electron chi connectivity index (χ2n) is 13.3. The molecule has 0 bridgehead atoms. The molecule has 1 aliphatic carbocycles. The number of nitrogens with zero attached hydrogens (tertiary/aromatic N) is 8. The molecule has 0 amide bonds. The summed E-state index contributed by atoms with van der Waals surface area (Å²) in [6.07, 6.45) is 2.42. The van der Waals surface area contributed by atoms with E-state index < -0.39 is 18.5 Å². The van der Waals surface area contributed by atoms with Crippen molar-refractivity contribution in [2.75, 3.05) is 20.1 Å². The van der Waals surface area contributed by atoms with Gasteiger partial charge in [0.1, 0.15) is 23.4 Å². The van der Waals surface area contributed by atoms with Crippen LogP contribution in [0.15, 0.2) is 53.8 Å². The van der Waals surface area contributed by atoms with Gasteiger partial charge in [0.25, 0.3) is 5.56 Å². The van der Waals surface area contributed by atoms with Gasteiger partial charge in [-0.05, 0) is 77.2 Å². The first kappa shape index (κ1) is 33.7. The maximum atomic E-state index is 14.3. The third-order valence-corrected chi connectivity index (χ3v) is 9.38. The van der Waals surface area contributed by atoms with Crippen LogP contribution in [0.5, 0.6) is 5.88 Å². The highest BCUT2D eigenvalue weighted by Gasteiger charge is 2.36. The number of pyridine rings is 1. The summed E-state index contributed by atoms with van der Waals surface area (Å²) < 4.78 is 75.3. The van der Waals surface area contributed by atoms with Crippen molar-refractivity contribution in [1.82, 2.24) is 39.0 Å². The monoisotopic (exact) mass is 694 g/mol. The number of halogens is 5. The molecule has 10 nitrogen and oxygen atoms in total. The highest BCUT2D eigenvalue weighted by Crippen LogP contribution is 2.45. The average Bonchev–Trinajstić information content (AvgIpc) is 3.82. The fraction of sp³-hybridized carbons (Fsp3) is 0.429. The third-order valence-electron chi connectivity index (χ3n) is 9.38. The fourth-order valence-electron chi connectivity index (χ4n) is 6.57. The van der Waals surface area contributed by atoms with Gasteiger partial charge < -0.3 is 14.2 Å². The Balaban J connectivity index is 1.33. The zero-order chi connectivity index (χ0) is 35.3. The predicted octanol–water partition coefficient (Wildman–Crippen LogP) is 7.05. The van der Waals surface area contributed by atoms with Crippen LogP contribution in [0.1, 0.15) is 79.9 Å². The average molecular weight is 695 g/mol. The summed E-state index contributed by atoms with van der Waals surface area (Å²) in [6.45, 7) is 2.19. The second kappa shape index (κ2) is 13.2. The number of hydrogen-bond acceptors (Lipinski definition) is 8. The van der Waals surface area contributed by atoms with E-state index in [1.54, 1.807) is 48.9 Å². The molecule has 0 radical (unpaired) electrons. The lowest BCUT2D eigenvalue weighted by Crippen LogP contribution is -2.33. The molecule has 2 aliphatic rings. The second-order valence-corrected chi connectivity index (χ2v) is 13.3. The molecule has 1 saturated carbocycles. The normalized spacial score (nSPS) is 16.2. The van der Waals surface area contributed by atoms with Crippen LogP contribution in [-0.4, -0.2) is 65.7 Å². The van der Waals surface area contributed by atoms with Gasteiger partial charge in [0, 0.05) is 40.9 Å². The van der Waals surface area contributed by atoms with Crippen molar-refractivity contribution in [1.29, 1.82) is 0 Å². The molecule has 15 heteroatoms. The summed E-state index contributed by atoms with van der Waals surface area (Å²) >= 11 is 0. The molecule has 2 fully saturated rings. The molecule has 262 valence electrons. The van der Waals surface area contributed by atoms with E-state index in [-0.39, 0.29) is 53.1 Å². The molecule has 5 heterocycles. The van der Waals surface area contributed by atoms with Gasteiger partial charge in [0.05, 0.1) is 12.2 Å². The molecule has 1 saturated heterocycles. The number of hydrogen-bond donors (Lipinski definition) is 0. The van der Waals surface area contributed by atoms with Gasteiger partial charge in [-0.25, -0.2) is 24.9 Å². The van der Waals surface area contributed by atoms with E-state index in [0.29, 0.717) is 33.4 Å². The Morgan fingerprint density at radius 3 is 2.32 bits per heavy atom. The standard InChI is InChI=1S/C35H35F5N8O2/c1-19(2)47-17-26(35(38,39)40)44-30(47)23-6-4-20(5-7-23)16-48-31-24(14-25(33(48)49)21-10-12-46(3)13-11-21)15-41-29(45-31)27-28(22-8-9-22)42-18-43-32(27)50-34(36)37/h4-7,14-15,17-19,21-22,34H,8-13,16H2,1-3H3. The van der Waals surface area contributed by atoms with Crippen LogP contribution in [0, 0.1) is 0 Å². The summed E-state index contributed by atoms with van der Waals surface area (Å²) in [6, 6.07) is 8.41. The predicted molar refractivity (Wildman–Crippen MR) is 175 cm³/mol. The zero-order valence-corrected chi connectivity index (χ0v) is 27.7. The molecule has 4 aromatic heterocycles. The summed E-state index contributed by atoms with van der Waals surface area (Å²) in [5, 5.41) is 0.596. The van der Waals surface area contributed by atoms with E-state index >= 15 is 0 Å². The molecule has 0 atom stereocenters. The molecule has 1 aliphatic heterocycles. The maximum absolute atomic E-state index is 14.3. The Labute approximate surface area is 284 Å². The largest absolute Gasteiger partial charge is 0.434 e. The van der Waals surface area contributed by atoms with Gasteiger partial charge in [0.2, 0.25) is 5.88 Å². The van der Waals surface area contributed by atoms with Crippen LogP contribution in [-0.2, 0) is 12.7 Å². The lowest BCUT2D eigenvalue weighted by atomic mass is 9.90. The van der Waals surface area contributed by atoms with Crippen LogP contribution in [0.2, 0.25) is 0 Å². The molecule has 5 aromatic rings. The third kappa shape index (κ3) is 6.70. The Morgan fingerprint density at radius 2 is 1.68 bits per heavy atom. The molecule has 0 N–H and O–H groups in total.